The molecule has 22 heavy (non-hydrogen) atoms. The van der Waals surface area contributed by atoms with Gasteiger partial charge in [0.15, 0.2) is 11.5 Å². The highest BCUT2D eigenvalue weighted by Crippen LogP contribution is 2.33. The normalized spacial score (nSPS) is 11.5. The number of benzene rings is 2. The molecule has 0 aliphatic rings. The Morgan fingerprint density at radius 2 is 1.59 bits per heavy atom. The molecule has 6 heteroatoms. The van der Waals surface area contributed by atoms with Crippen molar-refractivity contribution in [2.24, 2.45) is 10.2 Å². The van der Waals surface area contributed by atoms with Crippen molar-refractivity contribution in [3.05, 3.63) is 66.7 Å². The standard InChI is InChI=1S/C16H12N6/c1-3-7-12(8-4-1)14-11-15-18-20-21-22(15)16(14)19-17-13-9-5-2-6-10-13/h1-11H,(H,18,21). The average molecular weight is 288 g/mol. The lowest BCUT2D eigenvalue weighted by molar-refractivity contribution is 0.822. The minimum atomic E-state index is 0.676. The molecular formula is C16H12N6. The first-order valence-corrected chi connectivity index (χ1v) is 6.86. The Morgan fingerprint density at radius 3 is 2.36 bits per heavy atom. The zero-order valence-electron chi connectivity index (χ0n) is 11.6. The van der Waals surface area contributed by atoms with E-state index in [4.69, 9.17) is 0 Å². The van der Waals surface area contributed by atoms with Crippen molar-refractivity contribution >= 4 is 17.2 Å². The van der Waals surface area contributed by atoms with E-state index < -0.39 is 0 Å². The van der Waals surface area contributed by atoms with Crippen LogP contribution in [-0.2, 0) is 0 Å². The molecule has 0 saturated carbocycles. The number of rotatable bonds is 3. The molecule has 0 bridgehead atoms. The lowest BCUT2D eigenvalue weighted by atomic mass is 10.1. The minimum absolute atomic E-state index is 0.676. The Morgan fingerprint density at radius 1 is 0.864 bits per heavy atom. The van der Waals surface area contributed by atoms with E-state index in [1.807, 2.05) is 66.7 Å². The number of aromatic nitrogens is 4. The summed E-state index contributed by atoms with van der Waals surface area (Å²) in [6.07, 6.45) is 0. The summed E-state index contributed by atoms with van der Waals surface area (Å²) in [5, 5.41) is 19.3. The molecule has 2 heterocycles. The van der Waals surface area contributed by atoms with Gasteiger partial charge in [0.05, 0.1) is 5.69 Å². The lowest BCUT2D eigenvalue weighted by Crippen LogP contribution is -1.83. The summed E-state index contributed by atoms with van der Waals surface area (Å²) in [4.78, 5) is 0. The van der Waals surface area contributed by atoms with Crippen LogP contribution in [0.4, 0.5) is 11.5 Å². The first kappa shape index (κ1) is 12.5. The summed E-state index contributed by atoms with van der Waals surface area (Å²) < 4.78 is 1.72. The number of hydrogen-bond donors (Lipinski definition) is 1. The molecule has 106 valence electrons. The highest BCUT2D eigenvalue weighted by Gasteiger charge is 2.14. The van der Waals surface area contributed by atoms with Gasteiger partial charge in [0.2, 0.25) is 0 Å². The Hall–Kier alpha value is -3.28. The fourth-order valence-electron chi connectivity index (χ4n) is 2.31. The van der Waals surface area contributed by atoms with Crippen LogP contribution in [-0.4, -0.2) is 20.0 Å². The fourth-order valence-corrected chi connectivity index (χ4v) is 2.31. The van der Waals surface area contributed by atoms with Crippen molar-refractivity contribution in [3.63, 3.8) is 0 Å². The number of tetrazole rings is 1. The molecule has 0 fully saturated rings. The summed E-state index contributed by atoms with van der Waals surface area (Å²) in [5.74, 6) is 0.676. The Labute approximate surface area is 126 Å². The third kappa shape index (κ3) is 2.16. The number of nitrogens with one attached hydrogen (secondary N) is 1. The quantitative estimate of drug-likeness (QED) is 0.575. The van der Waals surface area contributed by atoms with Gasteiger partial charge >= 0.3 is 0 Å². The number of fused-ring (bicyclic) bond motifs is 1. The molecule has 0 radical (unpaired) electrons. The SMILES string of the molecule is c1ccc(N=Nc2c(-c3ccccc3)cc3nn[nH]n23)cc1. The first-order chi connectivity index (χ1) is 10.9. The molecule has 2 aromatic heterocycles. The molecule has 4 aromatic rings. The summed E-state index contributed by atoms with van der Waals surface area (Å²) >= 11 is 0. The number of aromatic amines is 1. The van der Waals surface area contributed by atoms with Crippen LogP contribution in [0, 0.1) is 0 Å². The van der Waals surface area contributed by atoms with Gasteiger partial charge in [-0.05, 0) is 23.8 Å². The number of azo groups is 1. The van der Waals surface area contributed by atoms with Crippen LogP contribution in [0.2, 0.25) is 0 Å². The second kappa shape index (κ2) is 5.25. The molecule has 6 nitrogen and oxygen atoms in total. The molecule has 0 atom stereocenters. The summed E-state index contributed by atoms with van der Waals surface area (Å²) in [5.41, 5.74) is 3.52. The van der Waals surface area contributed by atoms with Gasteiger partial charge in [-0.25, -0.2) is 0 Å². The predicted octanol–water partition coefficient (Wildman–Crippen LogP) is 4.14. The van der Waals surface area contributed by atoms with Gasteiger partial charge in [0.25, 0.3) is 0 Å². The summed E-state index contributed by atoms with van der Waals surface area (Å²) in [6.45, 7) is 0. The molecule has 0 saturated heterocycles. The van der Waals surface area contributed by atoms with E-state index in [-0.39, 0.29) is 0 Å². The van der Waals surface area contributed by atoms with Gasteiger partial charge in [-0.3, -0.25) is 0 Å². The maximum Gasteiger partial charge on any atom is 0.185 e. The van der Waals surface area contributed by atoms with E-state index in [0.29, 0.717) is 11.5 Å². The predicted molar refractivity (Wildman–Crippen MR) is 83.4 cm³/mol. The minimum Gasteiger partial charge on any atom is -0.198 e. The highest BCUT2D eigenvalue weighted by atomic mass is 15.5. The maximum atomic E-state index is 4.39. The summed E-state index contributed by atoms with van der Waals surface area (Å²) in [6, 6.07) is 21.6. The van der Waals surface area contributed by atoms with Gasteiger partial charge < -0.3 is 0 Å². The number of hydrogen-bond acceptors (Lipinski definition) is 4. The van der Waals surface area contributed by atoms with E-state index in [2.05, 4.69) is 25.8 Å². The van der Waals surface area contributed by atoms with Crippen molar-refractivity contribution in [2.45, 2.75) is 0 Å². The first-order valence-electron chi connectivity index (χ1n) is 6.86. The van der Waals surface area contributed by atoms with Gasteiger partial charge in [0.1, 0.15) is 0 Å². The highest BCUT2D eigenvalue weighted by molar-refractivity contribution is 5.79. The molecule has 4 rings (SSSR count). The van der Waals surface area contributed by atoms with E-state index in [1.165, 1.54) is 0 Å². The Balaban J connectivity index is 1.85. The second-order valence-electron chi connectivity index (χ2n) is 4.78. The van der Waals surface area contributed by atoms with E-state index in [0.717, 1.165) is 16.8 Å². The van der Waals surface area contributed by atoms with Crippen LogP contribution < -0.4 is 0 Å². The lowest BCUT2D eigenvalue weighted by Gasteiger charge is -1.99. The van der Waals surface area contributed by atoms with E-state index in [9.17, 15) is 0 Å². The van der Waals surface area contributed by atoms with Crippen LogP contribution in [0.15, 0.2) is 77.0 Å². The van der Waals surface area contributed by atoms with E-state index >= 15 is 0 Å². The molecule has 1 N–H and O–H groups in total. The average Bonchev–Trinajstić information content (AvgIpc) is 3.16. The smallest absolute Gasteiger partial charge is 0.185 e. The van der Waals surface area contributed by atoms with Gasteiger partial charge in [-0.2, -0.15) is 9.73 Å². The molecule has 2 aromatic carbocycles. The number of nitrogens with zero attached hydrogens (tertiary/aromatic N) is 5. The van der Waals surface area contributed by atoms with Crippen molar-refractivity contribution < 1.29 is 0 Å². The van der Waals surface area contributed by atoms with Crippen LogP contribution in [0.1, 0.15) is 0 Å². The zero-order valence-corrected chi connectivity index (χ0v) is 11.6. The molecule has 0 amide bonds. The largest absolute Gasteiger partial charge is 0.198 e. The zero-order chi connectivity index (χ0) is 14.8. The van der Waals surface area contributed by atoms with Crippen molar-refractivity contribution in [2.75, 3.05) is 0 Å². The van der Waals surface area contributed by atoms with Gasteiger partial charge in [-0.1, -0.05) is 53.7 Å². The molecule has 0 aliphatic heterocycles. The van der Waals surface area contributed by atoms with E-state index in [1.54, 1.807) is 4.52 Å². The Bertz CT molecular complexity index is 921. The topological polar surface area (TPSA) is 70.7 Å². The number of H-pyrrole nitrogens is 1. The second-order valence-corrected chi connectivity index (χ2v) is 4.78. The Kier molecular flexibility index (Phi) is 2.97. The van der Waals surface area contributed by atoms with Crippen LogP contribution in [0.25, 0.3) is 16.8 Å². The van der Waals surface area contributed by atoms with Gasteiger partial charge in [0, 0.05) is 5.56 Å². The fraction of sp³-hybridized carbons (Fsp3) is 0. The van der Waals surface area contributed by atoms with Gasteiger partial charge in [-0.15, -0.1) is 15.3 Å². The molecule has 0 unspecified atom stereocenters. The molecule has 0 spiro atoms. The summed E-state index contributed by atoms with van der Waals surface area (Å²) in [7, 11) is 0. The third-order valence-electron chi connectivity index (χ3n) is 3.35. The monoisotopic (exact) mass is 288 g/mol. The van der Waals surface area contributed by atoms with Crippen molar-refractivity contribution in [1.29, 1.82) is 0 Å². The van der Waals surface area contributed by atoms with Crippen LogP contribution >= 0.6 is 0 Å². The van der Waals surface area contributed by atoms with Crippen LogP contribution in [0.5, 0.6) is 0 Å². The van der Waals surface area contributed by atoms with Crippen molar-refractivity contribution in [3.8, 4) is 11.1 Å². The van der Waals surface area contributed by atoms with Crippen LogP contribution in [0.3, 0.4) is 0 Å². The molecule has 0 aliphatic carbocycles. The third-order valence-corrected chi connectivity index (χ3v) is 3.35. The maximum absolute atomic E-state index is 4.39. The van der Waals surface area contributed by atoms with Crippen molar-refractivity contribution in [1.82, 2.24) is 20.0 Å². The molecular weight excluding hydrogens is 276 g/mol.